The van der Waals surface area contributed by atoms with Crippen molar-refractivity contribution in [2.45, 2.75) is 0 Å². The Balaban J connectivity index is 0.00000206. The molecular weight excluding hydrogens is 595 g/mol. The molecule has 0 spiro atoms. The molecule has 2 aliphatic heterocycles. The van der Waals surface area contributed by atoms with Crippen LogP contribution in [0.3, 0.4) is 0 Å². The fourth-order valence-corrected chi connectivity index (χ4v) is 4.43. The third-order valence-electron chi connectivity index (χ3n) is 5.95. The van der Waals surface area contributed by atoms with Gasteiger partial charge in [0.2, 0.25) is 0 Å². The SMILES string of the molecule is CN1C=CN(c2[c-]c3c(cc2)oc2ccc4oc5ccc(N6C=CN(C)[CH-]6)[c-]c5c4c23)[CH-]1.[Pt+4]. The molecule has 2 aromatic heterocycles. The van der Waals surface area contributed by atoms with Gasteiger partial charge in [0.05, 0.1) is 11.2 Å². The van der Waals surface area contributed by atoms with Crippen molar-refractivity contribution >= 4 is 55.3 Å². The van der Waals surface area contributed by atoms with E-state index >= 15 is 0 Å². The van der Waals surface area contributed by atoms with Crippen LogP contribution in [0.2, 0.25) is 0 Å². The maximum absolute atomic E-state index is 6.18. The predicted molar refractivity (Wildman–Crippen MR) is 126 cm³/mol. The molecule has 0 atom stereocenters. The van der Waals surface area contributed by atoms with Crippen molar-refractivity contribution in [2.75, 3.05) is 23.9 Å². The number of nitrogens with zero attached hydrogens (tertiary/aromatic N) is 4. The molecule has 0 fully saturated rings. The molecule has 0 N–H and O–H groups in total. The molecule has 2 aliphatic rings. The van der Waals surface area contributed by atoms with Gasteiger partial charge in [-0.05, 0) is 51.0 Å². The molecule has 33 heavy (non-hydrogen) atoms. The Morgan fingerprint density at radius 3 is 1.42 bits per heavy atom. The normalized spacial score (nSPS) is 15.8. The van der Waals surface area contributed by atoms with Crippen LogP contribution < -0.4 is 9.80 Å². The van der Waals surface area contributed by atoms with E-state index in [1.165, 1.54) is 0 Å². The molecule has 0 bridgehead atoms. The second-order valence-corrected chi connectivity index (χ2v) is 8.15. The van der Waals surface area contributed by atoms with E-state index in [1.54, 1.807) is 0 Å². The zero-order valence-electron chi connectivity index (χ0n) is 17.8. The molecule has 0 amide bonds. The van der Waals surface area contributed by atoms with Gasteiger partial charge >= 0.3 is 21.1 Å². The van der Waals surface area contributed by atoms with Crippen molar-refractivity contribution in [3.05, 3.63) is 86.7 Å². The molecule has 164 valence electrons. The third-order valence-corrected chi connectivity index (χ3v) is 5.95. The number of hydrogen-bond donors (Lipinski definition) is 0. The summed E-state index contributed by atoms with van der Waals surface area (Å²) < 4.78 is 12.4. The van der Waals surface area contributed by atoms with Crippen LogP contribution in [-0.4, -0.2) is 23.9 Å². The van der Waals surface area contributed by atoms with Crippen molar-refractivity contribution in [1.82, 2.24) is 9.80 Å². The van der Waals surface area contributed by atoms with Gasteiger partial charge in [-0.2, -0.15) is 13.3 Å². The van der Waals surface area contributed by atoms with Crippen LogP contribution in [0, 0.1) is 25.5 Å². The molecule has 4 heterocycles. The van der Waals surface area contributed by atoms with E-state index in [0.29, 0.717) is 0 Å². The maximum Gasteiger partial charge on any atom is 4.00 e. The van der Waals surface area contributed by atoms with Gasteiger partial charge in [-0.3, -0.25) is 0 Å². The zero-order valence-corrected chi connectivity index (χ0v) is 20.1. The van der Waals surface area contributed by atoms with Gasteiger partial charge in [0, 0.05) is 11.2 Å². The van der Waals surface area contributed by atoms with E-state index in [0.717, 1.165) is 55.3 Å². The molecule has 0 unspecified atom stereocenters. The van der Waals surface area contributed by atoms with Gasteiger partial charge in [0.15, 0.2) is 0 Å². The Bertz CT molecular complexity index is 1480. The van der Waals surface area contributed by atoms with Crippen LogP contribution >= 0.6 is 0 Å². The van der Waals surface area contributed by atoms with Crippen molar-refractivity contribution in [3.63, 3.8) is 0 Å². The molecule has 7 heteroatoms. The van der Waals surface area contributed by atoms with Gasteiger partial charge in [-0.25, -0.2) is 0 Å². The number of benzene rings is 3. The van der Waals surface area contributed by atoms with E-state index < -0.39 is 0 Å². The van der Waals surface area contributed by atoms with Crippen molar-refractivity contribution in [2.24, 2.45) is 0 Å². The molecular formula is C26H18N4O2Pt. The second kappa shape index (κ2) is 7.32. The summed E-state index contributed by atoms with van der Waals surface area (Å²) in [6.07, 6.45) is 8.04. The molecule has 0 saturated carbocycles. The molecule has 6 nitrogen and oxygen atoms in total. The van der Waals surface area contributed by atoms with Crippen LogP contribution in [0.4, 0.5) is 11.4 Å². The molecule has 0 radical (unpaired) electrons. The van der Waals surface area contributed by atoms with Crippen LogP contribution in [-0.2, 0) is 21.1 Å². The minimum absolute atomic E-state index is 0. The number of anilines is 2. The smallest absolute Gasteiger partial charge is 0.511 e. The van der Waals surface area contributed by atoms with Gasteiger partial charge in [0.25, 0.3) is 0 Å². The number of furan rings is 2. The summed E-state index contributed by atoms with van der Waals surface area (Å²) >= 11 is 0. The van der Waals surface area contributed by atoms with E-state index in [-0.39, 0.29) is 21.1 Å². The summed E-state index contributed by atoms with van der Waals surface area (Å²) in [6, 6.07) is 19.1. The monoisotopic (exact) mass is 613 g/mol. The first kappa shape index (κ1) is 20.3. The van der Waals surface area contributed by atoms with Crippen LogP contribution in [0.5, 0.6) is 0 Å². The Morgan fingerprint density at radius 2 is 1.03 bits per heavy atom. The van der Waals surface area contributed by atoms with E-state index in [4.69, 9.17) is 8.83 Å². The largest absolute Gasteiger partial charge is 4.00 e. The maximum atomic E-state index is 6.18. The summed E-state index contributed by atoms with van der Waals surface area (Å²) in [5.41, 5.74) is 5.14. The van der Waals surface area contributed by atoms with Gasteiger partial charge in [-0.15, -0.1) is 47.2 Å². The van der Waals surface area contributed by atoms with Crippen molar-refractivity contribution in [3.8, 4) is 0 Å². The van der Waals surface area contributed by atoms with Gasteiger partial charge in [0.1, 0.15) is 0 Å². The molecule has 0 aliphatic carbocycles. The summed E-state index contributed by atoms with van der Waals surface area (Å²) in [5.74, 6) is 0. The summed E-state index contributed by atoms with van der Waals surface area (Å²) in [4.78, 5) is 8.10. The minimum Gasteiger partial charge on any atom is -0.511 e. The zero-order chi connectivity index (χ0) is 21.4. The van der Waals surface area contributed by atoms with Crippen LogP contribution in [0.15, 0.2) is 70.0 Å². The fourth-order valence-electron chi connectivity index (χ4n) is 4.43. The van der Waals surface area contributed by atoms with Crippen LogP contribution in [0.25, 0.3) is 43.9 Å². The predicted octanol–water partition coefficient (Wildman–Crippen LogP) is 5.77. The van der Waals surface area contributed by atoms with Gasteiger partial charge in [-0.1, -0.05) is 22.1 Å². The number of hydrogen-bond acceptors (Lipinski definition) is 6. The Labute approximate surface area is 205 Å². The summed E-state index contributed by atoms with van der Waals surface area (Å²) in [5, 5.41) is 3.88. The molecule has 0 saturated heterocycles. The van der Waals surface area contributed by atoms with Gasteiger partial charge < -0.3 is 28.4 Å². The van der Waals surface area contributed by atoms with Crippen molar-refractivity contribution in [1.29, 1.82) is 0 Å². The fraction of sp³-hybridized carbons (Fsp3) is 0.0769. The Hall–Kier alpha value is -3.37. The minimum atomic E-state index is 0. The van der Waals surface area contributed by atoms with Crippen LogP contribution in [0.1, 0.15) is 0 Å². The average molecular weight is 614 g/mol. The summed E-state index contributed by atoms with van der Waals surface area (Å²) in [6.45, 7) is 4.03. The third kappa shape index (κ3) is 3.05. The topological polar surface area (TPSA) is 39.2 Å². The molecule has 5 aromatic rings. The van der Waals surface area contributed by atoms with E-state index in [1.807, 2.05) is 108 Å². The van der Waals surface area contributed by atoms with Crippen molar-refractivity contribution < 1.29 is 29.9 Å². The Kier molecular flexibility index (Phi) is 4.49. The first-order valence-electron chi connectivity index (χ1n) is 10.4. The first-order chi connectivity index (χ1) is 15.6. The average Bonchev–Trinajstić information content (AvgIpc) is 3.56. The standard InChI is InChI=1S/C26H18N4O2.Pt/c1-27-9-11-29(15-27)17-3-5-21-19(13-17)25-23(31-21)7-8-24-26(25)20-14-18(4-6-22(20)32-24)30-12-10-28(2)16-30;/h3-12,15-16H,1-2H3;/q-4;+4. The number of rotatable bonds is 2. The first-order valence-corrected chi connectivity index (χ1v) is 10.4. The summed E-state index contributed by atoms with van der Waals surface area (Å²) in [7, 11) is 4.00. The van der Waals surface area contributed by atoms with E-state index in [9.17, 15) is 0 Å². The molecule has 7 rings (SSSR count). The molecule has 3 aromatic carbocycles. The Morgan fingerprint density at radius 1 is 0.606 bits per heavy atom. The van der Waals surface area contributed by atoms with E-state index in [2.05, 4.69) is 12.1 Å². The quantitative estimate of drug-likeness (QED) is 0.236. The number of fused-ring (bicyclic) bond motifs is 7. The second-order valence-electron chi connectivity index (χ2n) is 8.15.